The van der Waals surface area contributed by atoms with Crippen LogP contribution in [0.4, 0.5) is 9.59 Å². The Balaban J connectivity index is 1.66. The molecule has 0 heterocycles. The van der Waals surface area contributed by atoms with Crippen molar-refractivity contribution in [3.05, 3.63) is 59.7 Å². The van der Waals surface area contributed by atoms with E-state index in [1.165, 1.54) is 0 Å². The van der Waals surface area contributed by atoms with Crippen LogP contribution in [-0.2, 0) is 24.3 Å². The second-order valence-corrected chi connectivity index (χ2v) is 13.8. The van der Waals surface area contributed by atoms with Gasteiger partial charge in [-0.3, -0.25) is 4.79 Å². The summed E-state index contributed by atoms with van der Waals surface area (Å²) in [4.78, 5) is 36.4. The molecule has 1 aliphatic rings. The van der Waals surface area contributed by atoms with Gasteiger partial charge in [0, 0.05) is 25.0 Å². The number of nitrogens with one attached hydrogen (secondary N) is 2. The van der Waals surface area contributed by atoms with Gasteiger partial charge in [-0.2, -0.15) is 4.31 Å². The second-order valence-electron chi connectivity index (χ2n) is 11.7. The molecule has 0 spiro atoms. The lowest BCUT2D eigenvalue weighted by molar-refractivity contribution is -0.137. The van der Waals surface area contributed by atoms with Gasteiger partial charge in [0.1, 0.15) is 18.8 Å². The molecule has 42 heavy (non-hydrogen) atoms. The molecular formula is C30H41N3O8S. The minimum Gasteiger partial charge on any atom is -0.480 e. The number of carbonyl (C=O) groups is 3. The largest absolute Gasteiger partial charge is 0.480 e. The smallest absolute Gasteiger partial charge is 0.407 e. The highest BCUT2D eigenvalue weighted by Gasteiger charge is 2.31. The molecule has 230 valence electrons. The Morgan fingerprint density at radius 3 is 2.07 bits per heavy atom. The summed E-state index contributed by atoms with van der Waals surface area (Å²) in [5.41, 5.74) is 3.55. The molecule has 1 atom stereocenters. The van der Waals surface area contributed by atoms with Gasteiger partial charge >= 0.3 is 18.2 Å². The van der Waals surface area contributed by atoms with Gasteiger partial charge in [0.05, 0.1) is 5.75 Å². The Morgan fingerprint density at radius 2 is 1.55 bits per heavy atom. The van der Waals surface area contributed by atoms with Crippen LogP contribution in [-0.4, -0.2) is 79.6 Å². The first-order valence-corrected chi connectivity index (χ1v) is 15.5. The minimum atomic E-state index is -4.13. The highest BCUT2D eigenvalue weighted by atomic mass is 32.2. The van der Waals surface area contributed by atoms with Crippen LogP contribution >= 0.6 is 0 Å². The van der Waals surface area contributed by atoms with Gasteiger partial charge in [-0.15, -0.1) is 0 Å². The zero-order chi connectivity index (χ0) is 31.1. The minimum absolute atomic E-state index is 0.0621. The Labute approximate surface area is 247 Å². The number of fused-ring (bicyclic) bond motifs is 3. The van der Waals surface area contributed by atoms with E-state index in [2.05, 4.69) is 10.6 Å². The van der Waals surface area contributed by atoms with E-state index in [1.54, 1.807) is 20.8 Å². The van der Waals surface area contributed by atoms with Crippen molar-refractivity contribution in [3.8, 4) is 11.1 Å². The van der Waals surface area contributed by atoms with Crippen molar-refractivity contribution in [2.24, 2.45) is 5.92 Å². The number of rotatable bonds is 13. The van der Waals surface area contributed by atoms with Gasteiger partial charge in [0.25, 0.3) is 0 Å². The molecule has 0 saturated heterocycles. The number of carbonyl (C=O) groups excluding carboxylic acids is 2. The lowest BCUT2D eigenvalue weighted by Crippen LogP contribution is -2.49. The molecule has 11 nitrogen and oxygen atoms in total. The normalized spacial score (nSPS) is 13.8. The average molecular weight is 604 g/mol. The van der Waals surface area contributed by atoms with Crippen LogP contribution < -0.4 is 10.6 Å². The third-order valence-corrected chi connectivity index (χ3v) is 8.36. The van der Waals surface area contributed by atoms with Gasteiger partial charge < -0.3 is 25.2 Å². The number of nitrogens with zero attached hydrogens (tertiary/aromatic N) is 1. The van der Waals surface area contributed by atoms with Crippen LogP contribution in [0.2, 0.25) is 0 Å². The van der Waals surface area contributed by atoms with Crippen molar-refractivity contribution in [1.82, 2.24) is 14.9 Å². The van der Waals surface area contributed by atoms with E-state index in [9.17, 15) is 27.9 Å². The number of carboxylic acids is 1. The molecule has 0 radical (unpaired) electrons. The SMILES string of the molecule is CC(C)C[C@@H](CN(CC(=O)O)S(=O)(=O)CCNC(=O)OC(C)(C)C)NC(=O)OCC1c2ccccc2-c2ccccc21. The maximum absolute atomic E-state index is 13.1. The van der Waals surface area contributed by atoms with Crippen molar-refractivity contribution in [3.63, 3.8) is 0 Å². The summed E-state index contributed by atoms with van der Waals surface area (Å²) >= 11 is 0. The van der Waals surface area contributed by atoms with Crippen LogP contribution in [0.3, 0.4) is 0 Å². The molecule has 2 aromatic rings. The fraction of sp³-hybridized carbons (Fsp3) is 0.500. The number of ether oxygens (including phenoxy) is 2. The molecule has 0 saturated carbocycles. The molecule has 3 N–H and O–H groups in total. The number of hydrogen-bond acceptors (Lipinski definition) is 7. The number of alkyl carbamates (subject to hydrolysis) is 2. The lowest BCUT2D eigenvalue weighted by Gasteiger charge is -2.28. The lowest BCUT2D eigenvalue weighted by atomic mass is 9.98. The number of amides is 2. The first kappa shape index (κ1) is 32.9. The average Bonchev–Trinajstić information content (AvgIpc) is 3.19. The Morgan fingerprint density at radius 1 is 0.976 bits per heavy atom. The highest BCUT2D eigenvalue weighted by molar-refractivity contribution is 7.89. The molecular weight excluding hydrogens is 562 g/mol. The summed E-state index contributed by atoms with van der Waals surface area (Å²) in [5.74, 6) is -1.97. The highest BCUT2D eigenvalue weighted by Crippen LogP contribution is 2.44. The summed E-state index contributed by atoms with van der Waals surface area (Å²) in [5, 5.41) is 14.5. The molecule has 1 aliphatic carbocycles. The van der Waals surface area contributed by atoms with Gasteiger partial charge in [0.15, 0.2) is 0 Å². The first-order valence-electron chi connectivity index (χ1n) is 13.9. The zero-order valence-electron chi connectivity index (χ0n) is 24.8. The number of sulfonamides is 1. The zero-order valence-corrected chi connectivity index (χ0v) is 25.6. The molecule has 3 rings (SSSR count). The van der Waals surface area contributed by atoms with Crippen LogP contribution in [0.25, 0.3) is 11.1 Å². The van der Waals surface area contributed by atoms with Gasteiger partial charge in [-0.1, -0.05) is 62.4 Å². The third kappa shape index (κ3) is 9.45. The topological polar surface area (TPSA) is 151 Å². The third-order valence-electron chi connectivity index (χ3n) is 6.58. The van der Waals surface area contributed by atoms with Crippen molar-refractivity contribution in [2.75, 3.05) is 32.0 Å². The predicted molar refractivity (Wildman–Crippen MR) is 159 cm³/mol. The Bertz CT molecular complexity index is 1330. The second kappa shape index (κ2) is 14.0. The molecule has 0 aromatic heterocycles. The molecule has 2 aromatic carbocycles. The number of benzene rings is 2. The van der Waals surface area contributed by atoms with Crippen LogP contribution in [0.1, 0.15) is 58.1 Å². The van der Waals surface area contributed by atoms with E-state index in [4.69, 9.17) is 9.47 Å². The molecule has 0 bridgehead atoms. The summed E-state index contributed by atoms with van der Waals surface area (Å²) in [6.45, 7) is 7.59. The molecule has 0 unspecified atom stereocenters. The fourth-order valence-corrected chi connectivity index (χ4v) is 6.29. The molecule has 2 amide bonds. The van der Waals surface area contributed by atoms with E-state index in [0.29, 0.717) is 6.42 Å². The van der Waals surface area contributed by atoms with E-state index in [1.807, 2.05) is 62.4 Å². The summed E-state index contributed by atoms with van der Waals surface area (Å²) in [7, 11) is -4.13. The molecule has 12 heteroatoms. The van der Waals surface area contributed by atoms with E-state index >= 15 is 0 Å². The molecule has 0 aliphatic heterocycles. The number of aliphatic carboxylic acids is 1. The number of carboxylic acid groups (broad SMARTS) is 1. The van der Waals surface area contributed by atoms with Crippen LogP contribution in [0.5, 0.6) is 0 Å². The van der Waals surface area contributed by atoms with Gasteiger partial charge in [-0.25, -0.2) is 18.0 Å². The first-order chi connectivity index (χ1) is 19.7. The quantitative estimate of drug-likeness (QED) is 0.309. The monoisotopic (exact) mass is 603 g/mol. The standard InChI is InChI=1S/C30H41N3O8S/c1-20(2)16-21(17-33(18-27(34)35)42(38,39)15-14-31-28(36)41-30(3,4)5)32-29(37)40-19-26-24-12-8-6-10-22(24)23-11-7-9-13-25(23)26/h6-13,20-21,26H,14-19H2,1-5H3,(H,31,36)(H,32,37)(H,34,35)/t21-/m0/s1. The van der Waals surface area contributed by atoms with E-state index < -0.39 is 52.1 Å². The van der Waals surface area contributed by atoms with Crippen LogP contribution in [0.15, 0.2) is 48.5 Å². The van der Waals surface area contributed by atoms with Crippen LogP contribution in [0, 0.1) is 5.92 Å². The summed E-state index contributed by atoms with van der Waals surface area (Å²) < 4.78 is 37.8. The Kier molecular flexibility index (Phi) is 11.0. The van der Waals surface area contributed by atoms with Crippen molar-refractivity contribution in [2.45, 2.75) is 58.6 Å². The van der Waals surface area contributed by atoms with Crippen molar-refractivity contribution in [1.29, 1.82) is 0 Å². The van der Waals surface area contributed by atoms with E-state index in [-0.39, 0.29) is 31.5 Å². The number of hydrogen-bond donors (Lipinski definition) is 3. The maximum Gasteiger partial charge on any atom is 0.407 e. The van der Waals surface area contributed by atoms with Gasteiger partial charge in [0.2, 0.25) is 10.0 Å². The Hall–Kier alpha value is -3.64. The van der Waals surface area contributed by atoms with E-state index in [0.717, 1.165) is 26.6 Å². The van der Waals surface area contributed by atoms with Gasteiger partial charge in [-0.05, 0) is 55.4 Å². The summed E-state index contributed by atoms with van der Waals surface area (Å²) in [6, 6.07) is 15.2. The van der Waals surface area contributed by atoms with Crippen molar-refractivity contribution < 1.29 is 37.4 Å². The summed E-state index contributed by atoms with van der Waals surface area (Å²) in [6.07, 6.45) is -1.12. The molecule has 0 fully saturated rings. The maximum atomic E-state index is 13.1. The van der Waals surface area contributed by atoms with Crippen molar-refractivity contribution >= 4 is 28.2 Å². The fourth-order valence-electron chi connectivity index (χ4n) is 4.95. The predicted octanol–water partition coefficient (Wildman–Crippen LogP) is 4.18.